The third kappa shape index (κ3) is 3.47. The van der Waals surface area contributed by atoms with Crippen molar-refractivity contribution in [1.82, 2.24) is 10.2 Å². The summed E-state index contributed by atoms with van der Waals surface area (Å²) in [5.74, 6) is 1.27. The van der Waals surface area contributed by atoms with Crippen molar-refractivity contribution in [2.24, 2.45) is 0 Å². The Hall–Kier alpha value is -1.75. The number of nitrogens with one attached hydrogen (secondary N) is 1. The Balaban J connectivity index is 2.27. The van der Waals surface area contributed by atoms with Gasteiger partial charge in [0.2, 0.25) is 0 Å². The highest BCUT2D eigenvalue weighted by Crippen LogP contribution is 2.26. The SMILES string of the molecule is CCN(C(=O)c1cc(OC)ccc1OC)C1CCNCC1. The van der Waals surface area contributed by atoms with Gasteiger partial charge in [-0.15, -0.1) is 0 Å². The van der Waals surface area contributed by atoms with Gasteiger partial charge >= 0.3 is 0 Å². The molecule has 1 N–H and O–H groups in total. The number of benzene rings is 1. The van der Waals surface area contributed by atoms with E-state index in [0.29, 0.717) is 29.6 Å². The van der Waals surface area contributed by atoms with Gasteiger partial charge in [0.1, 0.15) is 11.5 Å². The second-order valence-corrected chi connectivity index (χ2v) is 5.14. The molecule has 1 aromatic carbocycles. The van der Waals surface area contributed by atoms with Crippen LogP contribution in [0.5, 0.6) is 11.5 Å². The van der Waals surface area contributed by atoms with Crippen molar-refractivity contribution in [1.29, 1.82) is 0 Å². The van der Waals surface area contributed by atoms with Crippen LogP contribution in [-0.4, -0.2) is 50.7 Å². The minimum atomic E-state index is 0.0140. The van der Waals surface area contributed by atoms with Gasteiger partial charge < -0.3 is 19.7 Å². The zero-order valence-electron chi connectivity index (χ0n) is 13.0. The van der Waals surface area contributed by atoms with E-state index in [-0.39, 0.29) is 5.91 Å². The molecule has 5 heteroatoms. The number of hydrogen-bond acceptors (Lipinski definition) is 4. The maximum Gasteiger partial charge on any atom is 0.257 e. The van der Waals surface area contributed by atoms with Gasteiger partial charge in [-0.05, 0) is 51.1 Å². The number of carbonyl (C=O) groups is 1. The van der Waals surface area contributed by atoms with Gasteiger partial charge in [0.05, 0.1) is 19.8 Å². The molecule has 1 aliphatic heterocycles. The molecule has 116 valence electrons. The maximum atomic E-state index is 12.9. The highest BCUT2D eigenvalue weighted by molar-refractivity contribution is 5.97. The fourth-order valence-corrected chi connectivity index (χ4v) is 2.82. The highest BCUT2D eigenvalue weighted by atomic mass is 16.5. The molecular weight excluding hydrogens is 268 g/mol. The van der Waals surface area contributed by atoms with Crippen LogP contribution in [-0.2, 0) is 0 Å². The van der Waals surface area contributed by atoms with Crippen LogP contribution in [0.25, 0.3) is 0 Å². The molecule has 0 atom stereocenters. The van der Waals surface area contributed by atoms with Gasteiger partial charge in [-0.2, -0.15) is 0 Å². The van der Waals surface area contributed by atoms with Crippen LogP contribution >= 0.6 is 0 Å². The Kier molecular flexibility index (Phi) is 5.44. The van der Waals surface area contributed by atoms with Crippen molar-refractivity contribution in [3.05, 3.63) is 23.8 Å². The maximum absolute atomic E-state index is 12.9. The molecule has 0 bridgehead atoms. The van der Waals surface area contributed by atoms with E-state index in [1.54, 1.807) is 32.4 Å². The fraction of sp³-hybridized carbons (Fsp3) is 0.562. The molecule has 1 fully saturated rings. The van der Waals surface area contributed by atoms with Gasteiger partial charge in [-0.3, -0.25) is 4.79 Å². The minimum absolute atomic E-state index is 0.0140. The molecule has 21 heavy (non-hydrogen) atoms. The molecule has 5 nitrogen and oxygen atoms in total. The van der Waals surface area contributed by atoms with Crippen LogP contribution in [0.3, 0.4) is 0 Å². The number of rotatable bonds is 5. The molecule has 1 heterocycles. The highest BCUT2D eigenvalue weighted by Gasteiger charge is 2.27. The summed E-state index contributed by atoms with van der Waals surface area (Å²) >= 11 is 0. The van der Waals surface area contributed by atoms with Crippen molar-refractivity contribution in [2.75, 3.05) is 33.9 Å². The van der Waals surface area contributed by atoms with Crippen molar-refractivity contribution >= 4 is 5.91 Å². The Morgan fingerprint density at radius 2 is 2.00 bits per heavy atom. The van der Waals surface area contributed by atoms with E-state index in [2.05, 4.69) is 5.32 Å². The number of piperidine rings is 1. The molecule has 1 aliphatic rings. The number of hydrogen-bond donors (Lipinski definition) is 1. The summed E-state index contributed by atoms with van der Waals surface area (Å²) in [6.07, 6.45) is 1.98. The Morgan fingerprint density at radius 1 is 1.29 bits per heavy atom. The quantitative estimate of drug-likeness (QED) is 0.901. The number of carbonyl (C=O) groups excluding carboxylic acids is 1. The Bertz CT molecular complexity index is 484. The first-order valence-corrected chi connectivity index (χ1v) is 7.45. The predicted molar refractivity (Wildman–Crippen MR) is 82.1 cm³/mol. The van der Waals surface area contributed by atoms with Crippen LogP contribution in [0, 0.1) is 0 Å². The van der Waals surface area contributed by atoms with Gasteiger partial charge in [0, 0.05) is 12.6 Å². The molecular formula is C16H24N2O3. The second-order valence-electron chi connectivity index (χ2n) is 5.14. The van der Waals surface area contributed by atoms with Crippen LogP contribution < -0.4 is 14.8 Å². The lowest BCUT2D eigenvalue weighted by molar-refractivity contribution is 0.0652. The normalized spacial score (nSPS) is 15.6. The lowest BCUT2D eigenvalue weighted by atomic mass is 10.0. The summed E-state index contributed by atoms with van der Waals surface area (Å²) in [6.45, 7) is 4.64. The summed E-state index contributed by atoms with van der Waals surface area (Å²) in [6, 6.07) is 5.63. The number of amides is 1. The molecule has 2 rings (SSSR count). The molecule has 1 amide bonds. The summed E-state index contributed by atoms with van der Waals surface area (Å²) in [5.41, 5.74) is 0.567. The van der Waals surface area contributed by atoms with Crippen LogP contribution in [0.1, 0.15) is 30.1 Å². The largest absolute Gasteiger partial charge is 0.497 e. The van der Waals surface area contributed by atoms with E-state index in [1.807, 2.05) is 11.8 Å². The molecule has 0 spiro atoms. The molecule has 0 aromatic heterocycles. The number of ether oxygens (including phenoxy) is 2. The van der Waals surface area contributed by atoms with Gasteiger partial charge in [0.15, 0.2) is 0 Å². The standard InChI is InChI=1S/C16H24N2O3/c1-4-18(12-7-9-17-10-8-12)16(19)14-11-13(20-2)5-6-15(14)21-3/h5-6,11-12,17H,4,7-10H2,1-3H3. The van der Waals surface area contributed by atoms with Crippen molar-refractivity contribution in [3.63, 3.8) is 0 Å². The van der Waals surface area contributed by atoms with Crippen molar-refractivity contribution < 1.29 is 14.3 Å². The van der Waals surface area contributed by atoms with Gasteiger partial charge in [-0.1, -0.05) is 0 Å². The average molecular weight is 292 g/mol. The first-order valence-electron chi connectivity index (χ1n) is 7.45. The van der Waals surface area contributed by atoms with Gasteiger partial charge in [0.25, 0.3) is 5.91 Å². The monoisotopic (exact) mass is 292 g/mol. The van der Waals surface area contributed by atoms with E-state index in [0.717, 1.165) is 25.9 Å². The van der Waals surface area contributed by atoms with Crippen LogP contribution in [0.2, 0.25) is 0 Å². The predicted octanol–water partition coefficient (Wildman–Crippen LogP) is 1.92. The molecule has 0 aliphatic carbocycles. The van der Waals surface area contributed by atoms with E-state index < -0.39 is 0 Å². The second kappa shape index (κ2) is 7.31. The van der Waals surface area contributed by atoms with E-state index in [4.69, 9.17) is 9.47 Å². The van der Waals surface area contributed by atoms with Crippen LogP contribution in [0.4, 0.5) is 0 Å². The van der Waals surface area contributed by atoms with Crippen molar-refractivity contribution in [3.8, 4) is 11.5 Å². The summed E-state index contributed by atoms with van der Waals surface area (Å²) in [7, 11) is 3.18. The first kappa shape index (κ1) is 15.6. The topological polar surface area (TPSA) is 50.8 Å². The van der Waals surface area contributed by atoms with E-state index in [1.165, 1.54) is 0 Å². The third-order valence-electron chi connectivity index (χ3n) is 3.99. The Morgan fingerprint density at radius 3 is 2.57 bits per heavy atom. The lowest BCUT2D eigenvalue weighted by Gasteiger charge is -2.34. The van der Waals surface area contributed by atoms with Gasteiger partial charge in [-0.25, -0.2) is 0 Å². The molecule has 1 saturated heterocycles. The zero-order chi connectivity index (χ0) is 15.2. The van der Waals surface area contributed by atoms with E-state index in [9.17, 15) is 4.79 Å². The van der Waals surface area contributed by atoms with Crippen molar-refractivity contribution in [2.45, 2.75) is 25.8 Å². The summed E-state index contributed by atoms with van der Waals surface area (Å²) < 4.78 is 10.6. The third-order valence-corrected chi connectivity index (χ3v) is 3.99. The molecule has 1 aromatic rings. The first-order chi connectivity index (χ1) is 10.2. The molecule has 0 unspecified atom stereocenters. The lowest BCUT2D eigenvalue weighted by Crippen LogP contribution is -2.46. The summed E-state index contributed by atoms with van der Waals surface area (Å²) in [4.78, 5) is 14.8. The van der Waals surface area contributed by atoms with Crippen LogP contribution in [0.15, 0.2) is 18.2 Å². The number of nitrogens with zero attached hydrogens (tertiary/aromatic N) is 1. The minimum Gasteiger partial charge on any atom is -0.497 e. The molecule has 0 saturated carbocycles. The van der Waals surface area contributed by atoms with E-state index >= 15 is 0 Å². The average Bonchev–Trinajstić information content (AvgIpc) is 2.55. The number of methoxy groups -OCH3 is 2. The zero-order valence-corrected chi connectivity index (χ0v) is 13.0. The smallest absolute Gasteiger partial charge is 0.257 e. The molecule has 0 radical (unpaired) electrons. The fourth-order valence-electron chi connectivity index (χ4n) is 2.82. The summed E-state index contributed by atoms with van der Waals surface area (Å²) in [5, 5.41) is 3.33. The Labute approximate surface area is 126 Å².